The molecule has 0 aliphatic carbocycles. The highest BCUT2D eigenvalue weighted by molar-refractivity contribution is 6.01. The molecule has 1 aromatic heterocycles. The van der Waals surface area contributed by atoms with E-state index in [0.717, 1.165) is 12.1 Å². The number of aromatic nitrogens is 1. The van der Waals surface area contributed by atoms with Gasteiger partial charge in [-0.3, -0.25) is 0 Å². The Kier molecular flexibility index (Phi) is 4.23. The first kappa shape index (κ1) is 15.1. The summed E-state index contributed by atoms with van der Waals surface area (Å²) < 4.78 is 38.0. The Balaban J connectivity index is 3.43. The second kappa shape index (κ2) is 5.33. The standard InChI is InChI=1S/C11H15F3N4O/c1-6(2)18(3)10-7(9(15)17-19)4-5-8(16-10)11(12,13)14/h4-6,19H,1-3H3,(H2,15,17). The summed E-state index contributed by atoms with van der Waals surface area (Å²) in [7, 11) is 1.58. The Bertz CT molecular complexity index is 485. The van der Waals surface area contributed by atoms with E-state index in [2.05, 4.69) is 10.1 Å². The van der Waals surface area contributed by atoms with Crippen LogP contribution >= 0.6 is 0 Å². The first-order valence-electron chi connectivity index (χ1n) is 5.47. The van der Waals surface area contributed by atoms with Crippen molar-refractivity contribution in [2.45, 2.75) is 26.1 Å². The lowest BCUT2D eigenvalue weighted by Crippen LogP contribution is -2.30. The van der Waals surface area contributed by atoms with Crippen LogP contribution in [0.1, 0.15) is 25.1 Å². The quantitative estimate of drug-likeness (QED) is 0.383. The Morgan fingerprint density at radius 1 is 1.42 bits per heavy atom. The summed E-state index contributed by atoms with van der Waals surface area (Å²) in [4.78, 5) is 5.08. The maximum Gasteiger partial charge on any atom is 0.433 e. The van der Waals surface area contributed by atoms with Crippen molar-refractivity contribution in [2.75, 3.05) is 11.9 Å². The van der Waals surface area contributed by atoms with E-state index in [1.807, 2.05) is 0 Å². The van der Waals surface area contributed by atoms with Gasteiger partial charge in [-0.15, -0.1) is 0 Å². The minimum atomic E-state index is -4.55. The zero-order chi connectivity index (χ0) is 14.8. The Labute approximate surface area is 108 Å². The van der Waals surface area contributed by atoms with Crippen molar-refractivity contribution in [1.82, 2.24) is 4.98 Å². The number of hydrogen-bond donors (Lipinski definition) is 2. The summed E-state index contributed by atoms with van der Waals surface area (Å²) in [6.07, 6.45) is -4.55. The second-order valence-electron chi connectivity index (χ2n) is 4.26. The topological polar surface area (TPSA) is 74.7 Å². The number of anilines is 1. The molecule has 0 bridgehead atoms. The van der Waals surface area contributed by atoms with Gasteiger partial charge in [0.2, 0.25) is 0 Å². The Morgan fingerprint density at radius 2 is 2.00 bits per heavy atom. The van der Waals surface area contributed by atoms with E-state index in [1.54, 1.807) is 20.9 Å². The van der Waals surface area contributed by atoms with E-state index >= 15 is 0 Å². The van der Waals surface area contributed by atoms with Crippen LogP contribution in [-0.4, -0.2) is 29.1 Å². The van der Waals surface area contributed by atoms with E-state index in [0.29, 0.717) is 0 Å². The monoisotopic (exact) mass is 276 g/mol. The van der Waals surface area contributed by atoms with Gasteiger partial charge in [0, 0.05) is 13.1 Å². The summed E-state index contributed by atoms with van der Waals surface area (Å²) in [6.45, 7) is 3.58. The third-order valence-corrected chi connectivity index (χ3v) is 2.66. The Morgan fingerprint density at radius 3 is 2.42 bits per heavy atom. The molecule has 0 atom stereocenters. The molecule has 5 nitrogen and oxygen atoms in total. The lowest BCUT2D eigenvalue weighted by Gasteiger charge is -2.25. The maximum atomic E-state index is 12.7. The van der Waals surface area contributed by atoms with E-state index in [1.165, 1.54) is 4.90 Å². The van der Waals surface area contributed by atoms with Gasteiger partial charge in [-0.25, -0.2) is 4.98 Å². The molecule has 19 heavy (non-hydrogen) atoms. The lowest BCUT2D eigenvalue weighted by atomic mass is 10.2. The summed E-state index contributed by atoms with van der Waals surface area (Å²) >= 11 is 0. The highest BCUT2D eigenvalue weighted by Gasteiger charge is 2.33. The number of pyridine rings is 1. The van der Waals surface area contributed by atoms with Crippen LogP contribution in [0.15, 0.2) is 17.3 Å². The highest BCUT2D eigenvalue weighted by Crippen LogP contribution is 2.30. The number of amidine groups is 1. The average molecular weight is 276 g/mol. The van der Waals surface area contributed by atoms with E-state index in [-0.39, 0.29) is 23.3 Å². The van der Waals surface area contributed by atoms with Gasteiger partial charge < -0.3 is 15.8 Å². The van der Waals surface area contributed by atoms with Crippen LogP contribution in [0.3, 0.4) is 0 Å². The van der Waals surface area contributed by atoms with Crippen LogP contribution in [-0.2, 0) is 6.18 Å². The van der Waals surface area contributed by atoms with Gasteiger partial charge in [-0.2, -0.15) is 13.2 Å². The summed E-state index contributed by atoms with van der Waals surface area (Å²) in [5, 5.41) is 11.5. The number of nitrogens with zero attached hydrogens (tertiary/aromatic N) is 3. The minimum Gasteiger partial charge on any atom is -0.409 e. The van der Waals surface area contributed by atoms with Gasteiger partial charge in [0.05, 0.1) is 5.56 Å². The zero-order valence-electron chi connectivity index (χ0n) is 10.7. The largest absolute Gasteiger partial charge is 0.433 e. The SMILES string of the molecule is CC(C)N(C)c1nc(C(F)(F)F)ccc1C(N)=NO. The van der Waals surface area contributed by atoms with Gasteiger partial charge in [0.25, 0.3) is 0 Å². The van der Waals surface area contributed by atoms with Gasteiger partial charge in [0.1, 0.15) is 11.5 Å². The van der Waals surface area contributed by atoms with Crippen LogP contribution in [0.5, 0.6) is 0 Å². The van der Waals surface area contributed by atoms with Gasteiger partial charge in [-0.05, 0) is 26.0 Å². The van der Waals surface area contributed by atoms with Gasteiger partial charge in [0.15, 0.2) is 5.84 Å². The summed E-state index contributed by atoms with van der Waals surface area (Å²) in [6, 6.07) is 1.84. The molecule has 1 aromatic rings. The normalized spacial score (nSPS) is 12.9. The number of rotatable bonds is 3. The molecule has 0 aliphatic heterocycles. The summed E-state index contributed by atoms with van der Waals surface area (Å²) in [5.41, 5.74) is 4.57. The molecule has 8 heteroatoms. The van der Waals surface area contributed by atoms with Crippen LogP contribution in [0.25, 0.3) is 0 Å². The molecule has 0 amide bonds. The molecule has 0 saturated carbocycles. The number of alkyl halides is 3. The molecule has 3 N–H and O–H groups in total. The molecule has 1 heterocycles. The number of oxime groups is 1. The van der Waals surface area contributed by atoms with Crippen molar-refractivity contribution in [1.29, 1.82) is 0 Å². The van der Waals surface area contributed by atoms with Gasteiger partial charge >= 0.3 is 6.18 Å². The molecule has 0 fully saturated rings. The fourth-order valence-electron chi connectivity index (χ4n) is 1.37. The number of halogens is 3. The van der Waals surface area contributed by atoms with Crippen molar-refractivity contribution < 1.29 is 18.4 Å². The second-order valence-corrected chi connectivity index (χ2v) is 4.26. The van der Waals surface area contributed by atoms with Crippen LogP contribution in [0.4, 0.5) is 19.0 Å². The third kappa shape index (κ3) is 3.27. The van der Waals surface area contributed by atoms with Crippen LogP contribution in [0.2, 0.25) is 0 Å². The van der Waals surface area contributed by atoms with Crippen molar-refractivity contribution >= 4 is 11.7 Å². The number of hydrogen-bond acceptors (Lipinski definition) is 4. The van der Waals surface area contributed by atoms with Gasteiger partial charge in [-0.1, -0.05) is 5.16 Å². The highest BCUT2D eigenvalue weighted by atomic mass is 19.4. The number of nitrogens with two attached hydrogens (primary N) is 1. The molecule has 0 unspecified atom stereocenters. The van der Waals surface area contributed by atoms with Crippen molar-refractivity contribution in [2.24, 2.45) is 10.9 Å². The lowest BCUT2D eigenvalue weighted by molar-refractivity contribution is -0.141. The van der Waals surface area contributed by atoms with E-state index < -0.39 is 11.9 Å². The first-order chi connectivity index (χ1) is 8.68. The molecule has 0 aliphatic rings. The van der Waals surface area contributed by atoms with E-state index in [9.17, 15) is 13.2 Å². The molecule has 106 valence electrons. The molecule has 0 saturated heterocycles. The average Bonchev–Trinajstić information content (AvgIpc) is 2.35. The third-order valence-electron chi connectivity index (χ3n) is 2.66. The van der Waals surface area contributed by atoms with Crippen molar-refractivity contribution in [3.8, 4) is 0 Å². The fourth-order valence-corrected chi connectivity index (χ4v) is 1.37. The predicted octanol–water partition coefficient (Wildman–Crippen LogP) is 2.04. The minimum absolute atomic E-state index is 0.0140. The summed E-state index contributed by atoms with van der Waals surface area (Å²) in [5.74, 6) is -0.274. The zero-order valence-corrected chi connectivity index (χ0v) is 10.7. The van der Waals surface area contributed by atoms with Crippen molar-refractivity contribution in [3.05, 3.63) is 23.4 Å². The fraction of sp³-hybridized carbons (Fsp3) is 0.455. The molecule has 1 rings (SSSR count). The molecule has 0 aromatic carbocycles. The predicted molar refractivity (Wildman–Crippen MR) is 65.3 cm³/mol. The van der Waals surface area contributed by atoms with Crippen molar-refractivity contribution in [3.63, 3.8) is 0 Å². The maximum absolute atomic E-state index is 12.7. The van der Waals surface area contributed by atoms with Crippen LogP contribution in [0, 0.1) is 0 Å². The smallest absolute Gasteiger partial charge is 0.409 e. The van der Waals surface area contributed by atoms with Crippen LogP contribution < -0.4 is 10.6 Å². The molecular formula is C11H15F3N4O. The van der Waals surface area contributed by atoms with E-state index in [4.69, 9.17) is 10.9 Å². The molecular weight excluding hydrogens is 261 g/mol. The first-order valence-corrected chi connectivity index (χ1v) is 5.47. The Hall–Kier alpha value is -1.99. The molecule has 0 spiro atoms. The molecule has 0 radical (unpaired) electrons.